The third-order valence-corrected chi connectivity index (χ3v) is 4.21. The predicted octanol–water partition coefficient (Wildman–Crippen LogP) is 2.54. The Hall–Kier alpha value is -0.500. The molecule has 1 aromatic rings. The van der Waals surface area contributed by atoms with E-state index in [0.29, 0.717) is 4.47 Å². The maximum absolute atomic E-state index is 11.5. The second kappa shape index (κ2) is 6.30. The minimum atomic E-state index is -4.06. The zero-order valence-electron chi connectivity index (χ0n) is 9.91. The summed E-state index contributed by atoms with van der Waals surface area (Å²) in [7, 11) is 2.70. The zero-order chi connectivity index (χ0) is 14.8. The quantitative estimate of drug-likeness (QED) is 0.801. The first-order valence-corrected chi connectivity index (χ1v) is 8.46. The van der Waals surface area contributed by atoms with Crippen LogP contribution in [0.15, 0.2) is 21.5 Å². The molecule has 0 spiro atoms. The van der Waals surface area contributed by atoms with Gasteiger partial charge in [-0.2, -0.15) is 0 Å². The topological polar surface area (TPSA) is 72.5 Å². The van der Waals surface area contributed by atoms with Crippen LogP contribution in [0.2, 0.25) is 5.02 Å². The average Bonchev–Trinajstić information content (AvgIpc) is 2.29. The average molecular weight is 391 g/mol. The molecular weight excluding hydrogens is 381 g/mol. The summed E-state index contributed by atoms with van der Waals surface area (Å²) in [5, 5.41) is 2.41. The number of ether oxygens (including phenoxy) is 1. The minimum absolute atomic E-state index is 0.0318. The molecule has 0 saturated heterocycles. The third kappa shape index (κ3) is 4.24. The van der Waals surface area contributed by atoms with Gasteiger partial charge in [0.25, 0.3) is 15.0 Å². The van der Waals surface area contributed by atoms with Gasteiger partial charge in [-0.3, -0.25) is 4.79 Å². The molecule has 19 heavy (non-hydrogen) atoms. The molecule has 106 valence electrons. The van der Waals surface area contributed by atoms with Gasteiger partial charge in [0.15, 0.2) is 11.9 Å². The highest BCUT2D eigenvalue weighted by Crippen LogP contribution is 2.37. The fourth-order valence-electron chi connectivity index (χ4n) is 1.27. The molecule has 0 aliphatic carbocycles. The van der Waals surface area contributed by atoms with Gasteiger partial charge in [0.2, 0.25) is 0 Å². The third-order valence-electron chi connectivity index (χ3n) is 2.15. The lowest BCUT2D eigenvalue weighted by molar-refractivity contribution is -0.126. The summed E-state index contributed by atoms with van der Waals surface area (Å²) in [6.07, 6.45) is -0.916. The van der Waals surface area contributed by atoms with Crippen LogP contribution in [0.1, 0.15) is 6.92 Å². The number of rotatable bonds is 4. The summed E-state index contributed by atoms with van der Waals surface area (Å²) in [4.78, 5) is 11.1. The number of benzene rings is 1. The van der Waals surface area contributed by atoms with E-state index in [1.807, 2.05) is 0 Å². The lowest BCUT2D eigenvalue weighted by Gasteiger charge is -2.16. The second-order valence-corrected chi connectivity index (χ2v) is 7.38. The Balaban J connectivity index is 3.31. The molecule has 0 bridgehead atoms. The van der Waals surface area contributed by atoms with Gasteiger partial charge in [-0.1, -0.05) is 27.5 Å². The molecule has 0 aliphatic rings. The van der Waals surface area contributed by atoms with Crippen molar-refractivity contribution in [2.24, 2.45) is 0 Å². The monoisotopic (exact) mass is 389 g/mol. The van der Waals surface area contributed by atoms with E-state index in [0.717, 1.165) is 0 Å². The Kier molecular flexibility index (Phi) is 5.49. The molecule has 0 aliphatic heterocycles. The number of hydrogen-bond donors (Lipinski definition) is 1. The van der Waals surface area contributed by atoms with Crippen molar-refractivity contribution in [1.82, 2.24) is 5.32 Å². The highest BCUT2D eigenvalue weighted by atomic mass is 79.9. The summed E-state index contributed by atoms with van der Waals surface area (Å²) in [5.41, 5.74) is 0. The molecule has 9 heteroatoms. The van der Waals surface area contributed by atoms with Crippen molar-refractivity contribution in [3.8, 4) is 5.75 Å². The molecule has 0 radical (unpaired) electrons. The SMILES string of the molecule is CNC(=O)C(C)Oc1c(Cl)cc(Br)cc1S(=O)(=O)Cl. The van der Waals surface area contributed by atoms with Crippen molar-refractivity contribution in [1.29, 1.82) is 0 Å². The van der Waals surface area contributed by atoms with E-state index in [2.05, 4.69) is 21.2 Å². The van der Waals surface area contributed by atoms with E-state index in [1.165, 1.54) is 26.1 Å². The minimum Gasteiger partial charge on any atom is -0.478 e. The normalized spacial score (nSPS) is 12.9. The Morgan fingerprint density at radius 1 is 1.47 bits per heavy atom. The largest absolute Gasteiger partial charge is 0.478 e. The van der Waals surface area contributed by atoms with Crippen molar-refractivity contribution < 1.29 is 17.9 Å². The molecule has 0 saturated carbocycles. The molecule has 1 N–H and O–H groups in total. The van der Waals surface area contributed by atoms with Crippen LogP contribution >= 0.6 is 38.2 Å². The molecule has 0 heterocycles. The number of hydrogen-bond acceptors (Lipinski definition) is 4. The van der Waals surface area contributed by atoms with E-state index < -0.39 is 21.1 Å². The maximum atomic E-state index is 11.5. The standard InChI is InChI=1S/C10H10BrCl2NO4S/c1-5(10(15)14-2)18-9-7(12)3-6(11)4-8(9)19(13,16)17/h3-5H,1-2H3,(H,14,15). The first-order valence-electron chi connectivity index (χ1n) is 4.98. The van der Waals surface area contributed by atoms with Crippen molar-refractivity contribution >= 4 is 53.2 Å². The van der Waals surface area contributed by atoms with E-state index in [9.17, 15) is 13.2 Å². The lowest BCUT2D eigenvalue weighted by atomic mass is 10.3. The van der Waals surface area contributed by atoms with E-state index in [1.54, 1.807) is 0 Å². The number of halogens is 3. The fraction of sp³-hybridized carbons (Fsp3) is 0.300. The van der Waals surface area contributed by atoms with Gasteiger partial charge in [0, 0.05) is 22.2 Å². The van der Waals surface area contributed by atoms with Gasteiger partial charge >= 0.3 is 0 Å². The highest BCUT2D eigenvalue weighted by Gasteiger charge is 2.24. The van der Waals surface area contributed by atoms with Gasteiger partial charge < -0.3 is 10.1 Å². The molecule has 0 fully saturated rings. The summed E-state index contributed by atoms with van der Waals surface area (Å²) >= 11 is 9.03. The Morgan fingerprint density at radius 3 is 2.53 bits per heavy atom. The summed E-state index contributed by atoms with van der Waals surface area (Å²) in [6, 6.07) is 2.69. The maximum Gasteiger partial charge on any atom is 0.265 e. The van der Waals surface area contributed by atoms with Gasteiger partial charge in [0.05, 0.1) is 5.02 Å². The number of carbonyl (C=O) groups excluding carboxylic acids is 1. The van der Waals surface area contributed by atoms with Gasteiger partial charge in [0.1, 0.15) is 4.90 Å². The fourth-order valence-corrected chi connectivity index (χ4v) is 3.32. The molecule has 5 nitrogen and oxygen atoms in total. The first-order chi connectivity index (χ1) is 8.66. The molecule has 1 rings (SSSR count). The van der Waals surface area contributed by atoms with Gasteiger partial charge in [-0.25, -0.2) is 8.42 Å². The van der Waals surface area contributed by atoms with Gasteiger partial charge in [-0.05, 0) is 19.1 Å². The van der Waals surface area contributed by atoms with E-state index in [4.69, 9.17) is 27.0 Å². The first kappa shape index (κ1) is 16.6. The summed E-state index contributed by atoms with van der Waals surface area (Å²) in [5.74, 6) is -0.576. The highest BCUT2D eigenvalue weighted by molar-refractivity contribution is 9.10. The summed E-state index contributed by atoms with van der Waals surface area (Å²) in [6.45, 7) is 1.46. The molecule has 1 unspecified atom stereocenters. The van der Waals surface area contributed by atoms with Crippen molar-refractivity contribution in [3.05, 3.63) is 21.6 Å². The zero-order valence-corrected chi connectivity index (χ0v) is 13.8. The van der Waals surface area contributed by atoms with Crippen LogP contribution in [0.25, 0.3) is 0 Å². The number of amides is 1. The Morgan fingerprint density at radius 2 is 2.05 bits per heavy atom. The number of nitrogens with one attached hydrogen (secondary N) is 1. The summed E-state index contributed by atoms with van der Waals surface area (Å²) < 4.78 is 28.7. The van der Waals surface area contributed by atoms with Crippen molar-refractivity contribution in [2.45, 2.75) is 17.9 Å². The van der Waals surface area contributed by atoms with Crippen LogP contribution in [-0.4, -0.2) is 27.5 Å². The number of carbonyl (C=O) groups is 1. The molecule has 0 aromatic heterocycles. The van der Waals surface area contributed by atoms with Crippen molar-refractivity contribution in [3.63, 3.8) is 0 Å². The van der Waals surface area contributed by atoms with Crippen LogP contribution in [0.5, 0.6) is 5.75 Å². The second-order valence-electron chi connectivity index (χ2n) is 3.53. The van der Waals surface area contributed by atoms with Gasteiger partial charge in [-0.15, -0.1) is 0 Å². The van der Waals surface area contributed by atoms with Crippen LogP contribution in [-0.2, 0) is 13.8 Å². The van der Waals surface area contributed by atoms with E-state index in [-0.39, 0.29) is 15.7 Å². The Labute approximate surface area is 128 Å². The van der Waals surface area contributed by atoms with Crippen molar-refractivity contribution in [2.75, 3.05) is 7.05 Å². The lowest BCUT2D eigenvalue weighted by Crippen LogP contribution is -2.34. The number of likely N-dealkylation sites (N-methyl/N-ethyl adjacent to an activating group) is 1. The molecule has 1 atom stereocenters. The van der Waals surface area contributed by atoms with Crippen LogP contribution in [0.4, 0.5) is 0 Å². The molecular formula is C10H10BrCl2NO4S. The smallest absolute Gasteiger partial charge is 0.265 e. The van der Waals surface area contributed by atoms with E-state index >= 15 is 0 Å². The molecule has 1 aromatic carbocycles. The van der Waals surface area contributed by atoms with Crippen LogP contribution < -0.4 is 10.1 Å². The molecule has 1 amide bonds. The Bertz CT molecular complexity index is 606. The van der Waals surface area contributed by atoms with Crippen LogP contribution in [0, 0.1) is 0 Å². The van der Waals surface area contributed by atoms with Crippen LogP contribution in [0.3, 0.4) is 0 Å². The predicted molar refractivity (Wildman–Crippen MR) is 76.3 cm³/mol.